The van der Waals surface area contributed by atoms with Crippen LogP contribution in [0.1, 0.15) is 6.92 Å². The summed E-state index contributed by atoms with van der Waals surface area (Å²) in [5, 5.41) is 9.04. The number of carboxylic acid groups (broad SMARTS) is 1. The van der Waals surface area contributed by atoms with Crippen molar-refractivity contribution in [3.05, 3.63) is 29.0 Å². The van der Waals surface area contributed by atoms with Crippen LogP contribution in [0.3, 0.4) is 0 Å². The summed E-state index contributed by atoms with van der Waals surface area (Å²) in [5.41, 5.74) is 2.17. The Hall–Kier alpha value is -1.69. The smallest absolute Gasteiger partial charge is 0.326 e. The third kappa shape index (κ3) is 2.28. The van der Waals surface area contributed by atoms with E-state index < -0.39 is 12.0 Å². The molecule has 1 unspecified atom stereocenters. The van der Waals surface area contributed by atoms with Crippen LogP contribution in [0, 0.1) is 0 Å². The molecule has 0 aromatic carbocycles. The number of carbonyl (C=O) groups is 1. The molecule has 0 saturated heterocycles. The summed E-state index contributed by atoms with van der Waals surface area (Å²) in [6.07, 6.45) is 3.32. The fraction of sp³-hybridized carbons (Fsp3) is 0.250. The first-order chi connectivity index (χ1) is 8.50. The van der Waals surface area contributed by atoms with E-state index in [-0.39, 0.29) is 0 Å². The monoisotopic (exact) mass is 309 g/mol. The van der Waals surface area contributed by atoms with Crippen molar-refractivity contribution in [2.45, 2.75) is 13.0 Å². The largest absolute Gasteiger partial charge is 0.480 e. The van der Waals surface area contributed by atoms with Crippen LogP contribution < -0.4 is 4.90 Å². The molecule has 0 aliphatic carbocycles. The summed E-state index contributed by atoms with van der Waals surface area (Å²) >= 11 is 3.34. The summed E-state index contributed by atoms with van der Waals surface area (Å²) in [6.45, 7) is 1.63. The Kier molecular flexibility index (Phi) is 3.47. The summed E-state index contributed by atoms with van der Waals surface area (Å²) in [7, 11) is 1.73. The molecule has 0 fully saturated rings. The van der Waals surface area contributed by atoms with E-state index in [0.29, 0.717) is 5.52 Å². The predicted octanol–water partition coefficient (Wildman–Crippen LogP) is 2.30. The first kappa shape index (κ1) is 12.8. The highest BCUT2D eigenvalue weighted by Gasteiger charge is 2.19. The number of anilines is 1. The highest BCUT2D eigenvalue weighted by atomic mass is 79.9. The van der Waals surface area contributed by atoms with Gasteiger partial charge in [-0.2, -0.15) is 0 Å². The Morgan fingerprint density at radius 1 is 1.50 bits per heavy atom. The number of carboxylic acids is 1. The third-order valence-electron chi connectivity index (χ3n) is 2.84. The second-order valence-electron chi connectivity index (χ2n) is 3.98. The number of fused-ring (bicyclic) bond motifs is 1. The second kappa shape index (κ2) is 4.89. The molecule has 2 aromatic rings. The van der Waals surface area contributed by atoms with Crippen molar-refractivity contribution in [3.8, 4) is 0 Å². The van der Waals surface area contributed by atoms with Gasteiger partial charge in [0.25, 0.3) is 0 Å². The molecule has 0 radical (unpaired) electrons. The van der Waals surface area contributed by atoms with E-state index in [1.807, 2.05) is 6.07 Å². The van der Waals surface area contributed by atoms with Gasteiger partial charge in [0.05, 0.1) is 11.2 Å². The summed E-state index contributed by atoms with van der Waals surface area (Å²) in [6, 6.07) is 2.99. The third-order valence-corrected chi connectivity index (χ3v) is 3.27. The highest BCUT2D eigenvalue weighted by molar-refractivity contribution is 9.10. The van der Waals surface area contributed by atoms with Gasteiger partial charge in [-0.05, 0) is 35.0 Å². The highest BCUT2D eigenvalue weighted by Crippen LogP contribution is 2.25. The van der Waals surface area contributed by atoms with Gasteiger partial charge in [-0.1, -0.05) is 0 Å². The van der Waals surface area contributed by atoms with E-state index in [2.05, 4.69) is 25.9 Å². The lowest BCUT2D eigenvalue weighted by atomic mass is 10.2. The van der Waals surface area contributed by atoms with Crippen LogP contribution in [0.5, 0.6) is 0 Å². The molecule has 0 spiro atoms. The van der Waals surface area contributed by atoms with Crippen molar-refractivity contribution in [1.82, 2.24) is 9.97 Å². The van der Waals surface area contributed by atoms with Crippen molar-refractivity contribution < 1.29 is 9.90 Å². The minimum Gasteiger partial charge on any atom is -0.480 e. The lowest BCUT2D eigenvalue weighted by molar-refractivity contribution is -0.138. The molecule has 6 heteroatoms. The van der Waals surface area contributed by atoms with E-state index in [9.17, 15) is 4.79 Å². The van der Waals surface area contributed by atoms with Gasteiger partial charge in [0, 0.05) is 23.9 Å². The molecule has 0 aliphatic rings. The van der Waals surface area contributed by atoms with Crippen LogP contribution in [0.25, 0.3) is 11.0 Å². The van der Waals surface area contributed by atoms with Crippen LogP contribution in [0.2, 0.25) is 0 Å². The maximum absolute atomic E-state index is 11.0. The molecule has 5 nitrogen and oxygen atoms in total. The molecule has 2 aromatic heterocycles. The molecule has 18 heavy (non-hydrogen) atoms. The Labute approximate surface area is 113 Å². The maximum atomic E-state index is 11.0. The number of hydrogen-bond acceptors (Lipinski definition) is 4. The van der Waals surface area contributed by atoms with E-state index in [1.165, 1.54) is 0 Å². The first-order valence-electron chi connectivity index (χ1n) is 5.36. The number of rotatable bonds is 3. The predicted molar refractivity (Wildman–Crippen MR) is 72.7 cm³/mol. The van der Waals surface area contributed by atoms with Crippen LogP contribution in [-0.2, 0) is 4.79 Å². The summed E-state index contributed by atoms with van der Waals surface area (Å²) in [5.74, 6) is -0.875. The molecule has 94 valence electrons. The van der Waals surface area contributed by atoms with E-state index in [0.717, 1.165) is 15.7 Å². The Bertz CT molecular complexity index is 603. The van der Waals surface area contributed by atoms with Gasteiger partial charge in [-0.15, -0.1) is 0 Å². The SMILES string of the molecule is CC(C(=O)O)N(C)c1ccnc2cc(Br)cnc12. The molecule has 2 rings (SSSR count). The zero-order chi connectivity index (χ0) is 13.3. The Balaban J connectivity index is 2.54. The van der Waals surface area contributed by atoms with E-state index in [1.54, 1.807) is 37.3 Å². The molecule has 1 N–H and O–H groups in total. The van der Waals surface area contributed by atoms with Gasteiger partial charge in [0.2, 0.25) is 0 Å². The minimum atomic E-state index is -0.875. The molecule has 1 atom stereocenters. The minimum absolute atomic E-state index is 0.624. The topological polar surface area (TPSA) is 66.3 Å². The Morgan fingerprint density at radius 2 is 2.22 bits per heavy atom. The van der Waals surface area contributed by atoms with Crippen molar-refractivity contribution in [2.24, 2.45) is 0 Å². The van der Waals surface area contributed by atoms with Crippen molar-refractivity contribution >= 4 is 38.6 Å². The zero-order valence-electron chi connectivity index (χ0n) is 9.96. The number of pyridine rings is 2. The lowest BCUT2D eigenvalue weighted by Gasteiger charge is -2.24. The normalized spacial score (nSPS) is 12.4. The van der Waals surface area contributed by atoms with Gasteiger partial charge in [-0.3, -0.25) is 9.97 Å². The van der Waals surface area contributed by atoms with Crippen LogP contribution in [0.4, 0.5) is 5.69 Å². The molecule has 0 bridgehead atoms. The molecule has 0 saturated carbocycles. The molecular weight excluding hydrogens is 298 g/mol. The average molecular weight is 310 g/mol. The zero-order valence-corrected chi connectivity index (χ0v) is 11.5. The summed E-state index contributed by atoms with van der Waals surface area (Å²) in [4.78, 5) is 21.2. The summed E-state index contributed by atoms with van der Waals surface area (Å²) < 4.78 is 0.841. The first-order valence-corrected chi connectivity index (χ1v) is 6.16. The van der Waals surface area contributed by atoms with Gasteiger partial charge >= 0.3 is 5.97 Å². The standard InChI is InChI=1S/C12H12BrN3O2/c1-7(12(17)18)16(2)10-3-4-14-9-5-8(13)6-15-11(9)10/h3-7H,1-2H3,(H,17,18). The number of aliphatic carboxylic acids is 1. The van der Waals surface area contributed by atoms with Crippen LogP contribution in [0.15, 0.2) is 29.0 Å². The maximum Gasteiger partial charge on any atom is 0.326 e. The molecule has 0 amide bonds. The number of halogens is 1. The van der Waals surface area contributed by atoms with Gasteiger partial charge in [0.15, 0.2) is 0 Å². The number of nitrogens with zero attached hydrogens (tertiary/aromatic N) is 3. The number of aromatic nitrogens is 2. The number of hydrogen-bond donors (Lipinski definition) is 1. The van der Waals surface area contributed by atoms with E-state index >= 15 is 0 Å². The van der Waals surface area contributed by atoms with Crippen molar-refractivity contribution in [1.29, 1.82) is 0 Å². The lowest BCUT2D eigenvalue weighted by Crippen LogP contribution is -2.36. The molecule has 2 heterocycles. The average Bonchev–Trinajstić information content (AvgIpc) is 2.35. The fourth-order valence-corrected chi connectivity index (χ4v) is 1.97. The van der Waals surface area contributed by atoms with Crippen LogP contribution >= 0.6 is 15.9 Å². The number of likely N-dealkylation sites (N-methyl/N-ethyl adjacent to an activating group) is 1. The molecule has 0 aliphatic heterocycles. The van der Waals surface area contributed by atoms with Crippen molar-refractivity contribution in [3.63, 3.8) is 0 Å². The van der Waals surface area contributed by atoms with Crippen molar-refractivity contribution in [2.75, 3.05) is 11.9 Å². The Morgan fingerprint density at radius 3 is 2.89 bits per heavy atom. The molecular formula is C12H12BrN3O2. The van der Waals surface area contributed by atoms with Gasteiger partial charge in [-0.25, -0.2) is 4.79 Å². The van der Waals surface area contributed by atoms with Gasteiger partial charge < -0.3 is 10.0 Å². The fourth-order valence-electron chi connectivity index (χ4n) is 1.65. The van der Waals surface area contributed by atoms with Crippen LogP contribution in [-0.4, -0.2) is 34.1 Å². The quantitative estimate of drug-likeness (QED) is 0.942. The second-order valence-corrected chi connectivity index (χ2v) is 4.89. The van der Waals surface area contributed by atoms with Gasteiger partial charge in [0.1, 0.15) is 11.6 Å². The van der Waals surface area contributed by atoms with E-state index in [4.69, 9.17) is 5.11 Å².